The maximum absolute atomic E-state index is 10.1. The molecule has 9 heavy (non-hydrogen) atoms. The van der Waals surface area contributed by atoms with E-state index in [-0.39, 0.29) is 6.16 Å². The summed E-state index contributed by atoms with van der Waals surface area (Å²) < 4.78 is 10.1. The van der Waals surface area contributed by atoms with Crippen LogP contribution in [0, 0.1) is 0 Å². The van der Waals surface area contributed by atoms with Gasteiger partial charge in [0.05, 0.1) is 0 Å². The summed E-state index contributed by atoms with van der Waals surface area (Å²) in [6.07, 6.45) is 2.31. The number of carbonyl (C=O) groups is 1. The molecule has 4 nitrogen and oxygen atoms in total. The van der Waals surface area contributed by atoms with E-state index >= 15 is 0 Å². The van der Waals surface area contributed by atoms with E-state index in [9.17, 15) is 9.36 Å². The Kier molecular flexibility index (Phi) is 3.84. The van der Waals surface area contributed by atoms with Crippen LogP contribution < -0.4 is 5.50 Å². The van der Waals surface area contributed by atoms with Crippen molar-refractivity contribution in [2.24, 2.45) is 5.50 Å². The summed E-state index contributed by atoms with van der Waals surface area (Å²) in [5, 5.41) is 8.00. The monoisotopic (exact) mass is 148 g/mol. The molecule has 0 fully saturated rings. The first-order chi connectivity index (χ1) is 4.13. The molecule has 0 aromatic heterocycles. The van der Waals surface area contributed by atoms with Crippen LogP contribution >= 0.6 is 7.95 Å². The molecule has 0 saturated heterocycles. The molecule has 3 N–H and O–H groups in total. The van der Waals surface area contributed by atoms with E-state index in [0.717, 1.165) is 6.08 Å². The maximum Gasteiger partial charge on any atom is 0.433 e. The summed E-state index contributed by atoms with van der Waals surface area (Å²) in [5.41, 5.74) is 4.84. The predicted molar refractivity (Wildman–Crippen MR) is 33.4 cm³/mol. The Bertz CT molecular complexity index is 154. The van der Waals surface area contributed by atoms with Crippen LogP contribution in [0.1, 0.15) is 0 Å². The molecule has 0 spiro atoms. The average molecular weight is 148 g/mol. The van der Waals surface area contributed by atoms with Gasteiger partial charge in [-0.25, -0.2) is 4.79 Å². The second-order valence-electron chi connectivity index (χ2n) is 1.34. The van der Waals surface area contributed by atoms with Crippen molar-refractivity contribution in [3.63, 3.8) is 0 Å². The fraction of sp³-hybridized carbons (Fsp3) is 0.250. The zero-order valence-corrected chi connectivity index (χ0v) is 5.54. The van der Waals surface area contributed by atoms with E-state index in [4.69, 9.17) is 10.6 Å². The largest absolute Gasteiger partial charge is 0.478 e. The van der Waals surface area contributed by atoms with Crippen molar-refractivity contribution in [1.29, 1.82) is 0 Å². The summed E-state index contributed by atoms with van der Waals surface area (Å²) in [6, 6.07) is 0. The third kappa shape index (κ3) is 7.27. The van der Waals surface area contributed by atoms with Gasteiger partial charge in [0.25, 0.3) is 0 Å². The van der Waals surface area contributed by atoms with Gasteiger partial charge in [-0.1, -0.05) is 4.57 Å². The van der Waals surface area contributed by atoms with Gasteiger partial charge in [0.15, 0.2) is 6.16 Å². The van der Waals surface area contributed by atoms with Crippen LogP contribution in [0.3, 0.4) is 0 Å². The molecule has 1 atom stereocenters. The summed E-state index contributed by atoms with van der Waals surface area (Å²) in [7, 11) is -1.73. The standard InChI is InChI=1S/C4H6NO3P/c5-9(8)3-1-2-4(6)7/h1-2H,3H2,(H2-,5,6,7,8)/p+1. The second-order valence-corrected chi connectivity index (χ2v) is 2.54. The number of rotatable bonds is 3. The highest BCUT2D eigenvalue weighted by Gasteiger charge is 2.01. The fourth-order valence-corrected chi connectivity index (χ4v) is 0.571. The molecule has 0 rings (SSSR count). The van der Waals surface area contributed by atoms with E-state index in [2.05, 4.69) is 0 Å². The third-order valence-electron chi connectivity index (χ3n) is 0.546. The number of carboxylic acids is 1. The summed E-state index contributed by atoms with van der Waals surface area (Å²) >= 11 is 0. The minimum Gasteiger partial charge on any atom is -0.478 e. The molecule has 0 aromatic carbocycles. The molecule has 1 unspecified atom stereocenters. The summed E-state index contributed by atoms with van der Waals surface area (Å²) in [5.74, 6) is -1.05. The van der Waals surface area contributed by atoms with E-state index in [0.29, 0.717) is 0 Å². The van der Waals surface area contributed by atoms with Crippen LogP contribution in [0.4, 0.5) is 0 Å². The van der Waals surface area contributed by atoms with Gasteiger partial charge in [-0.3, -0.25) is 0 Å². The number of carboxylic acid groups (broad SMARTS) is 1. The number of aliphatic carboxylic acids is 1. The van der Waals surface area contributed by atoms with Crippen LogP contribution in [0.2, 0.25) is 0 Å². The Hall–Kier alpha value is -0.730. The third-order valence-corrected chi connectivity index (χ3v) is 1.12. The van der Waals surface area contributed by atoms with Crippen molar-refractivity contribution in [2.75, 3.05) is 6.16 Å². The van der Waals surface area contributed by atoms with Gasteiger partial charge in [-0.15, -0.1) is 5.50 Å². The van der Waals surface area contributed by atoms with Crippen LogP contribution in [-0.2, 0) is 9.36 Å². The van der Waals surface area contributed by atoms with Gasteiger partial charge in [0, 0.05) is 6.08 Å². The van der Waals surface area contributed by atoms with Crippen LogP contribution in [0.5, 0.6) is 0 Å². The average Bonchev–Trinajstić information content (AvgIpc) is 1.63. The molecule has 0 radical (unpaired) electrons. The second kappa shape index (κ2) is 4.18. The van der Waals surface area contributed by atoms with Gasteiger partial charge < -0.3 is 5.11 Å². The predicted octanol–water partition coefficient (Wildman–Crippen LogP) is 0.328. The van der Waals surface area contributed by atoms with E-state index in [1.165, 1.54) is 6.08 Å². The zero-order valence-electron chi connectivity index (χ0n) is 4.65. The quantitative estimate of drug-likeness (QED) is 0.446. The first-order valence-corrected chi connectivity index (χ1v) is 3.73. The Morgan fingerprint density at radius 2 is 2.33 bits per heavy atom. The molecule has 0 aromatic rings. The molecule has 0 amide bonds. The molecular weight excluding hydrogens is 141 g/mol. The number of hydrogen-bond donors (Lipinski definition) is 2. The Labute approximate surface area is 53.2 Å². The Morgan fingerprint density at radius 3 is 2.67 bits per heavy atom. The van der Waals surface area contributed by atoms with Crippen LogP contribution in [-0.4, -0.2) is 17.2 Å². The SMILES string of the molecule is N[P+](=O)CC=CC(=O)O. The van der Waals surface area contributed by atoms with Crippen molar-refractivity contribution in [2.45, 2.75) is 0 Å². The van der Waals surface area contributed by atoms with Crippen molar-refractivity contribution >= 4 is 13.9 Å². The molecule has 0 bridgehead atoms. The number of nitrogens with two attached hydrogens (primary N) is 1. The lowest BCUT2D eigenvalue weighted by Crippen LogP contribution is -1.87. The molecular formula is C4H7NO3P+. The first-order valence-electron chi connectivity index (χ1n) is 2.21. The molecule has 0 saturated carbocycles. The van der Waals surface area contributed by atoms with Crippen LogP contribution in [0.25, 0.3) is 0 Å². The highest BCUT2D eigenvalue weighted by molar-refractivity contribution is 7.42. The minimum atomic E-state index is -1.73. The lowest BCUT2D eigenvalue weighted by Gasteiger charge is -1.72. The highest BCUT2D eigenvalue weighted by Crippen LogP contribution is 2.05. The maximum atomic E-state index is 10.1. The smallest absolute Gasteiger partial charge is 0.433 e. The Balaban J connectivity index is 3.48. The zero-order chi connectivity index (χ0) is 7.28. The lowest BCUT2D eigenvalue weighted by molar-refractivity contribution is -0.131. The molecule has 0 aliphatic carbocycles. The van der Waals surface area contributed by atoms with Gasteiger partial charge in [0.2, 0.25) is 0 Å². The van der Waals surface area contributed by atoms with Crippen LogP contribution in [0.15, 0.2) is 12.2 Å². The number of hydrogen-bond acceptors (Lipinski definition) is 2. The van der Waals surface area contributed by atoms with Gasteiger partial charge in [0.1, 0.15) is 0 Å². The molecule has 5 heteroatoms. The molecule has 0 aliphatic rings. The van der Waals surface area contributed by atoms with Gasteiger partial charge >= 0.3 is 13.9 Å². The molecule has 50 valence electrons. The van der Waals surface area contributed by atoms with E-state index in [1.54, 1.807) is 0 Å². The normalized spacial score (nSPS) is 11.9. The Morgan fingerprint density at radius 1 is 1.78 bits per heavy atom. The number of allylic oxidation sites excluding steroid dienone is 1. The van der Waals surface area contributed by atoms with Gasteiger partial charge in [-0.2, -0.15) is 0 Å². The highest BCUT2D eigenvalue weighted by atomic mass is 31.1. The van der Waals surface area contributed by atoms with Crippen molar-refractivity contribution in [1.82, 2.24) is 0 Å². The summed E-state index contributed by atoms with van der Waals surface area (Å²) in [4.78, 5) is 9.76. The van der Waals surface area contributed by atoms with Gasteiger partial charge in [-0.05, 0) is 6.08 Å². The fourth-order valence-electron chi connectivity index (χ4n) is 0.257. The first kappa shape index (κ1) is 8.27. The van der Waals surface area contributed by atoms with Crippen molar-refractivity contribution in [3.8, 4) is 0 Å². The topological polar surface area (TPSA) is 80.4 Å². The minimum absolute atomic E-state index is 0.127. The lowest BCUT2D eigenvalue weighted by atomic mass is 10.5. The van der Waals surface area contributed by atoms with Crippen molar-refractivity contribution in [3.05, 3.63) is 12.2 Å². The summed E-state index contributed by atoms with van der Waals surface area (Å²) in [6.45, 7) is 0. The van der Waals surface area contributed by atoms with Crippen molar-refractivity contribution < 1.29 is 14.5 Å². The molecule has 0 aliphatic heterocycles. The van der Waals surface area contributed by atoms with E-state index < -0.39 is 13.9 Å². The van der Waals surface area contributed by atoms with E-state index in [1.807, 2.05) is 0 Å². The molecule has 0 heterocycles.